The van der Waals surface area contributed by atoms with Crippen LogP contribution in [0.15, 0.2) is 12.1 Å². The summed E-state index contributed by atoms with van der Waals surface area (Å²) in [5.41, 5.74) is 1.75. The predicted octanol–water partition coefficient (Wildman–Crippen LogP) is 1.98. The number of amides is 1. The van der Waals surface area contributed by atoms with E-state index >= 15 is 0 Å². The molecule has 0 bridgehead atoms. The summed E-state index contributed by atoms with van der Waals surface area (Å²) in [6, 6.07) is 3.07. The fraction of sp³-hybridized carbons (Fsp3) is 0.429. The number of benzene rings is 1. The number of carbonyl (C=O) groups excluding carboxylic acids is 2. The van der Waals surface area contributed by atoms with Crippen LogP contribution in [0, 0.1) is 10.1 Å². The molecule has 0 spiro atoms. The zero-order valence-corrected chi connectivity index (χ0v) is 11.7. The summed E-state index contributed by atoms with van der Waals surface area (Å²) in [7, 11) is 0. The van der Waals surface area contributed by atoms with Crippen molar-refractivity contribution in [3.63, 3.8) is 0 Å². The molecule has 7 nitrogen and oxygen atoms in total. The van der Waals surface area contributed by atoms with Crippen molar-refractivity contribution in [1.82, 2.24) is 0 Å². The van der Waals surface area contributed by atoms with E-state index in [1.54, 1.807) is 13.0 Å². The first kappa shape index (κ1) is 15.0. The van der Waals surface area contributed by atoms with Crippen molar-refractivity contribution in [2.75, 3.05) is 11.9 Å². The van der Waals surface area contributed by atoms with Crippen molar-refractivity contribution >= 4 is 23.3 Å². The van der Waals surface area contributed by atoms with Gasteiger partial charge in [0.25, 0.3) is 5.69 Å². The van der Waals surface area contributed by atoms with Gasteiger partial charge in [-0.15, -0.1) is 0 Å². The van der Waals surface area contributed by atoms with Gasteiger partial charge in [0.2, 0.25) is 5.91 Å². The van der Waals surface area contributed by atoms with Gasteiger partial charge in [0.15, 0.2) is 0 Å². The molecular formula is C14H16N2O5. The first-order valence-corrected chi connectivity index (χ1v) is 6.77. The normalized spacial score (nSPS) is 13.3. The molecule has 112 valence electrons. The molecule has 1 N–H and O–H groups in total. The summed E-state index contributed by atoms with van der Waals surface area (Å²) < 4.78 is 4.82. The highest BCUT2D eigenvalue weighted by atomic mass is 16.6. The molecule has 0 radical (unpaired) electrons. The van der Waals surface area contributed by atoms with E-state index in [4.69, 9.17) is 4.74 Å². The molecule has 0 atom stereocenters. The van der Waals surface area contributed by atoms with Crippen LogP contribution in [-0.4, -0.2) is 23.4 Å². The van der Waals surface area contributed by atoms with E-state index < -0.39 is 10.9 Å². The van der Waals surface area contributed by atoms with Crippen LogP contribution in [0.25, 0.3) is 0 Å². The third kappa shape index (κ3) is 3.56. The maximum atomic E-state index is 11.4. The van der Waals surface area contributed by atoms with Crippen molar-refractivity contribution in [2.24, 2.45) is 0 Å². The Kier molecular flexibility index (Phi) is 4.52. The molecule has 0 fully saturated rings. The lowest BCUT2D eigenvalue weighted by Gasteiger charge is -2.17. The van der Waals surface area contributed by atoms with Gasteiger partial charge in [-0.05, 0) is 31.4 Å². The number of hydrogen-bond donors (Lipinski definition) is 1. The molecule has 0 aromatic heterocycles. The zero-order chi connectivity index (χ0) is 15.4. The van der Waals surface area contributed by atoms with Gasteiger partial charge in [-0.1, -0.05) is 0 Å². The number of carbonyl (C=O) groups is 2. The van der Waals surface area contributed by atoms with Crippen LogP contribution in [0.2, 0.25) is 0 Å². The predicted molar refractivity (Wildman–Crippen MR) is 75.0 cm³/mol. The minimum absolute atomic E-state index is 0.0193. The standard InChI is InChI=1S/C14H16N2O5/c1-2-21-14(18)6-4-10-7-11-9(3-5-13(17)15-11)8-12(10)16(19)20/h7-8H,2-6H2,1H3,(H,15,17). The summed E-state index contributed by atoms with van der Waals surface area (Å²) in [5.74, 6) is -0.499. The molecule has 7 heteroatoms. The lowest BCUT2D eigenvalue weighted by atomic mass is 9.97. The minimum atomic E-state index is -0.461. The summed E-state index contributed by atoms with van der Waals surface area (Å²) in [6.07, 6.45) is 1.09. The molecule has 21 heavy (non-hydrogen) atoms. The van der Waals surface area contributed by atoms with Crippen LogP contribution >= 0.6 is 0 Å². The molecule has 0 saturated carbocycles. The Morgan fingerprint density at radius 2 is 2.19 bits per heavy atom. The number of hydrogen-bond acceptors (Lipinski definition) is 5. The Morgan fingerprint density at radius 3 is 2.86 bits per heavy atom. The van der Waals surface area contributed by atoms with E-state index in [-0.39, 0.29) is 31.0 Å². The molecule has 1 aromatic rings. The summed E-state index contributed by atoms with van der Waals surface area (Å²) in [6.45, 7) is 1.98. The van der Waals surface area contributed by atoms with Gasteiger partial charge in [0.1, 0.15) is 0 Å². The zero-order valence-electron chi connectivity index (χ0n) is 11.7. The second-order valence-electron chi connectivity index (χ2n) is 4.75. The average molecular weight is 292 g/mol. The first-order chi connectivity index (χ1) is 10.0. The number of nitrogens with zero attached hydrogens (tertiary/aromatic N) is 1. The molecule has 1 heterocycles. The smallest absolute Gasteiger partial charge is 0.306 e. The summed E-state index contributed by atoms with van der Waals surface area (Å²) >= 11 is 0. The Morgan fingerprint density at radius 1 is 1.43 bits per heavy atom. The van der Waals surface area contributed by atoms with Crippen LogP contribution in [0.1, 0.15) is 30.9 Å². The summed E-state index contributed by atoms with van der Waals surface area (Å²) in [5, 5.41) is 13.8. The van der Waals surface area contributed by atoms with Crippen molar-refractivity contribution in [2.45, 2.75) is 32.6 Å². The van der Waals surface area contributed by atoms with Crippen LogP contribution in [0.3, 0.4) is 0 Å². The van der Waals surface area contributed by atoms with Crippen LogP contribution in [-0.2, 0) is 27.2 Å². The number of ether oxygens (including phenoxy) is 1. The molecule has 2 rings (SSSR count). The van der Waals surface area contributed by atoms with Gasteiger partial charge in [0, 0.05) is 30.2 Å². The van der Waals surface area contributed by atoms with Gasteiger partial charge >= 0.3 is 5.97 Å². The lowest BCUT2D eigenvalue weighted by molar-refractivity contribution is -0.385. The van der Waals surface area contributed by atoms with E-state index in [0.29, 0.717) is 24.1 Å². The largest absolute Gasteiger partial charge is 0.466 e. The van der Waals surface area contributed by atoms with Crippen molar-refractivity contribution in [1.29, 1.82) is 0 Å². The first-order valence-electron chi connectivity index (χ1n) is 6.77. The highest BCUT2D eigenvalue weighted by Crippen LogP contribution is 2.31. The number of rotatable bonds is 5. The van der Waals surface area contributed by atoms with Gasteiger partial charge in [-0.25, -0.2) is 0 Å². The van der Waals surface area contributed by atoms with Crippen molar-refractivity contribution in [3.8, 4) is 0 Å². The summed E-state index contributed by atoms with van der Waals surface area (Å²) in [4.78, 5) is 33.4. The van der Waals surface area contributed by atoms with E-state index in [0.717, 1.165) is 5.56 Å². The monoisotopic (exact) mass is 292 g/mol. The topological polar surface area (TPSA) is 98.5 Å². The lowest BCUT2D eigenvalue weighted by Crippen LogP contribution is -2.19. The molecule has 1 aliphatic rings. The number of esters is 1. The number of nitro groups is 1. The number of aryl methyl sites for hydroxylation is 2. The highest BCUT2D eigenvalue weighted by molar-refractivity contribution is 5.94. The van der Waals surface area contributed by atoms with Crippen LogP contribution in [0.4, 0.5) is 11.4 Å². The Balaban J connectivity index is 2.25. The second kappa shape index (κ2) is 6.34. The van der Waals surface area contributed by atoms with E-state index in [2.05, 4.69) is 5.32 Å². The molecule has 1 amide bonds. The van der Waals surface area contributed by atoms with Crippen molar-refractivity contribution in [3.05, 3.63) is 33.4 Å². The quantitative estimate of drug-likeness (QED) is 0.508. The number of nitrogens with one attached hydrogen (secondary N) is 1. The molecule has 0 aliphatic carbocycles. The fourth-order valence-electron chi connectivity index (χ4n) is 2.30. The molecular weight excluding hydrogens is 276 g/mol. The van der Waals surface area contributed by atoms with Gasteiger partial charge in [0.05, 0.1) is 11.5 Å². The minimum Gasteiger partial charge on any atom is -0.466 e. The Hall–Kier alpha value is -2.44. The number of nitro benzene ring substituents is 1. The van der Waals surface area contributed by atoms with Crippen LogP contribution < -0.4 is 5.32 Å². The number of fused-ring (bicyclic) bond motifs is 1. The van der Waals surface area contributed by atoms with E-state index in [1.807, 2.05) is 0 Å². The van der Waals surface area contributed by atoms with Gasteiger partial charge in [-0.2, -0.15) is 0 Å². The second-order valence-corrected chi connectivity index (χ2v) is 4.75. The molecule has 1 aromatic carbocycles. The molecule has 0 saturated heterocycles. The maximum absolute atomic E-state index is 11.4. The van der Waals surface area contributed by atoms with E-state index in [1.165, 1.54) is 6.07 Å². The highest BCUT2D eigenvalue weighted by Gasteiger charge is 2.22. The van der Waals surface area contributed by atoms with Gasteiger partial charge in [-0.3, -0.25) is 19.7 Å². The maximum Gasteiger partial charge on any atom is 0.306 e. The SMILES string of the molecule is CCOC(=O)CCc1cc2c(cc1[N+](=O)[O-])CCC(=O)N2. The Labute approximate surface area is 121 Å². The van der Waals surface area contributed by atoms with Crippen molar-refractivity contribution < 1.29 is 19.2 Å². The van der Waals surface area contributed by atoms with E-state index in [9.17, 15) is 19.7 Å². The average Bonchev–Trinajstić information content (AvgIpc) is 2.44. The number of anilines is 1. The molecule has 0 unspecified atom stereocenters. The van der Waals surface area contributed by atoms with Crippen LogP contribution in [0.5, 0.6) is 0 Å². The third-order valence-corrected chi connectivity index (χ3v) is 3.30. The molecule has 1 aliphatic heterocycles. The fourth-order valence-corrected chi connectivity index (χ4v) is 2.30. The Bertz CT molecular complexity index is 597. The van der Waals surface area contributed by atoms with Gasteiger partial charge < -0.3 is 10.1 Å². The third-order valence-electron chi connectivity index (χ3n) is 3.30.